The van der Waals surface area contributed by atoms with Crippen molar-refractivity contribution in [3.05, 3.63) is 29.8 Å². The minimum atomic E-state index is -0.0220. The van der Waals surface area contributed by atoms with Crippen LogP contribution in [0.5, 0.6) is 5.75 Å². The highest BCUT2D eigenvalue weighted by atomic mass is 16.5. The van der Waals surface area contributed by atoms with E-state index < -0.39 is 0 Å². The molecular formula is C24H39N5O3. The van der Waals surface area contributed by atoms with Gasteiger partial charge in [0.1, 0.15) is 12.3 Å². The molecule has 2 heterocycles. The highest BCUT2D eigenvalue weighted by Crippen LogP contribution is 2.26. The molecule has 0 spiro atoms. The molecule has 0 radical (unpaired) electrons. The first-order valence-corrected chi connectivity index (χ1v) is 11.8. The molecule has 32 heavy (non-hydrogen) atoms. The molecule has 8 nitrogen and oxygen atoms in total. The van der Waals surface area contributed by atoms with Crippen LogP contribution >= 0.6 is 0 Å². The second-order valence-corrected chi connectivity index (χ2v) is 8.74. The van der Waals surface area contributed by atoms with Crippen LogP contribution in [0.15, 0.2) is 29.3 Å². The van der Waals surface area contributed by atoms with E-state index in [0.717, 1.165) is 38.3 Å². The first kappa shape index (κ1) is 24.3. The van der Waals surface area contributed by atoms with Gasteiger partial charge in [-0.25, -0.2) is 4.99 Å². The van der Waals surface area contributed by atoms with Crippen LogP contribution < -0.4 is 15.4 Å². The fraction of sp³-hybridized carbons (Fsp3) is 0.667. The van der Waals surface area contributed by atoms with Crippen LogP contribution in [0.4, 0.5) is 0 Å². The number of hydrogen-bond acceptors (Lipinski definition) is 5. The van der Waals surface area contributed by atoms with Crippen LogP contribution in [-0.2, 0) is 9.53 Å². The van der Waals surface area contributed by atoms with Crippen molar-refractivity contribution in [2.24, 2.45) is 4.99 Å². The number of benzene rings is 1. The zero-order valence-corrected chi connectivity index (χ0v) is 19.8. The van der Waals surface area contributed by atoms with Gasteiger partial charge in [0, 0.05) is 33.8 Å². The summed E-state index contributed by atoms with van der Waals surface area (Å²) in [7, 11) is 5.19. The van der Waals surface area contributed by atoms with Gasteiger partial charge in [0.05, 0.1) is 19.3 Å². The van der Waals surface area contributed by atoms with Crippen molar-refractivity contribution in [2.45, 2.75) is 44.2 Å². The summed E-state index contributed by atoms with van der Waals surface area (Å²) in [5.74, 6) is 1.50. The Morgan fingerprint density at radius 1 is 1.19 bits per heavy atom. The second-order valence-electron chi connectivity index (χ2n) is 8.74. The molecule has 2 fully saturated rings. The zero-order valence-electron chi connectivity index (χ0n) is 19.8. The summed E-state index contributed by atoms with van der Waals surface area (Å²) in [6, 6.07) is 8.54. The van der Waals surface area contributed by atoms with E-state index in [1.165, 1.54) is 24.8 Å². The van der Waals surface area contributed by atoms with Crippen LogP contribution in [-0.4, -0.2) is 88.3 Å². The molecular weight excluding hydrogens is 406 g/mol. The van der Waals surface area contributed by atoms with Gasteiger partial charge in [0.2, 0.25) is 5.91 Å². The predicted molar refractivity (Wildman–Crippen MR) is 127 cm³/mol. The van der Waals surface area contributed by atoms with Crippen molar-refractivity contribution in [1.29, 1.82) is 0 Å². The third kappa shape index (κ3) is 7.38. The van der Waals surface area contributed by atoms with Gasteiger partial charge in [0.25, 0.3) is 0 Å². The Labute approximate surface area is 192 Å². The standard InChI is InChI=1S/C24H39N5O3/c1-28(2)23(30)18-27-24(25-16-21-8-4-7-15-32-21)26-17-22(29-13-5-6-14-29)19-9-11-20(31-3)12-10-19/h9-12,21-22H,4-8,13-18H2,1-3H3,(H2,25,26,27). The van der Waals surface area contributed by atoms with E-state index in [-0.39, 0.29) is 24.6 Å². The molecule has 2 unspecified atom stereocenters. The zero-order chi connectivity index (χ0) is 22.8. The Morgan fingerprint density at radius 2 is 1.94 bits per heavy atom. The Hall–Kier alpha value is -2.32. The van der Waals surface area contributed by atoms with Crippen LogP contribution in [0, 0.1) is 0 Å². The van der Waals surface area contributed by atoms with Crippen LogP contribution in [0.1, 0.15) is 43.7 Å². The molecule has 0 saturated carbocycles. The number of methoxy groups -OCH3 is 1. The molecule has 2 saturated heterocycles. The number of carbonyl (C=O) groups is 1. The summed E-state index contributed by atoms with van der Waals surface area (Å²) in [6.45, 7) is 4.52. The topological polar surface area (TPSA) is 78.4 Å². The third-order valence-corrected chi connectivity index (χ3v) is 6.19. The van der Waals surface area contributed by atoms with E-state index in [1.807, 2.05) is 12.1 Å². The third-order valence-electron chi connectivity index (χ3n) is 6.19. The van der Waals surface area contributed by atoms with Crippen molar-refractivity contribution in [2.75, 3.05) is 60.5 Å². The van der Waals surface area contributed by atoms with Crippen molar-refractivity contribution < 1.29 is 14.3 Å². The van der Waals surface area contributed by atoms with E-state index in [9.17, 15) is 4.79 Å². The van der Waals surface area contributed by atoms with Crippen LogP contribution in [0.3, 0.4) is 0 Å². The van der Waals surface area contributed by atoms with E-state index in [0.29, 0.717) is 19.0 Å². The van der Waals surface area contributed by atoms with Crippen LogP contribution in [0.25, 0.3) is 0 Å². The number of carbonyl (C=O) groups excluding carboxylic acids is 1. The molecule has 1 aromatic rings. The quantitative estimate of drug-likeness (QED) is 0.447. The highest BCUT2D eigenvalue weighted by molar-refractivity contribution is 5.84. The fourth-order valence-corrected chi connectivity index (χ4v) is 4.17. The fourth-order valence-electron chi connectivity index (χ4n) is 4.17. The molecule has 0 bridgehead atoms. The summed E-state index contributed by atoms with van der Waals surface area (Å²) in [4.78, 5) is 20.7. The van der Waals surface area contributed by atoms with Gasteiger partial charge >= 0.3 is 0 Å². The van der Waals surface area contributed by atoms with Gasteiger partial charge in [-0.3, -0.25) is 9.69 Å². The van der Waals surface area contributed by atoms with Crippen molar-refractivity contribution in [3.8, 4) is 5.75 Å². The number of ether oxygens (including phenoxy) is 2. The van der Waals surface area contributed by atoms with E-state index in [2.05, 4.69) is 32.7 Å². The summed E-state index contributed by atoms with van der Waals surface area (Å²) in [5.41, 5.74) is 1.25. The average Bonchev–Trinajstić information content (AvgIpc) is 3.35. The first-order valence-electron chi connectivity index (χ1n) is 11.8. The molecule has 2 atom stereocenters. The Balaban J connectivity index is 1.67. The minimum absolute atomic E-state index is 0.0220. The van der Waals surface area contributed by atoms with Gasteiger partial charge in [-0.05, 0) is 62.9 Å². The Bertz CT molecular complexity index is 726. The maximum absolute atomic E-state index is 12.1. The SMILES string of the molecule is COc1ccc(C(CNC(=NCC(=O)N(C)C)NCC2CCCCO2)N2CCCC2)cc1. The predicted octanol–water partition coefficient (Wildman–Crippen LogP) is 2.02. The number of amides is 1. The number of nitrogens with zero attached hydrogens (tertiary/aromatic N) is 3. The molecule has 3 rings (SSSR count). The second kappa shape index (κ2) is 12.6. The number of hydrogen-bond donors (Lipinski definition) is 2. The molecule has 2 aliphatic rings. The highest BCUT2D eigenvalue weighted by Gasteiger charge is 2.24. The van der Waals surface area contributed by atoms with E-state index in [1.54, 1.807) is 26.1 Å². The molecule has 1 aromatic carbocycles. The summed E-state index contributed by atoms with van der Waals surface area (Å²) < 4.78 is 11.2. The molecule has 0 aromatic heterocycles. The lowest BCUT2D eigenvalue weighted by Crippen LogP contribution is -2.46. The minimum Gasteiger partial charge on any atom is -0.497 e. The van der Waals surface area contributed by atoms with Gasteiger partial charge in [-0.2, -0.15) is 0 Å². The average molecular weight is 446 g/mol. The number of rotatable bonds is 9. The van der Waals surface area contributed by atoms with E-state index in [4.69, 9.17) is 9.47 Å². The van der Waals surface area contributed by atoms with Gasteiger partial charge in [0.15, 0.2) is 5.96 Å². The summed E-state index contributed by atoms with van der Waals surface area (Å²) in [5, 5.41) is 6.90. The first-order chi connectivity index (χ1) is 15.6. The molecule has 1 amide bonds. The van der Waals surface area contributed by atoms with Gasteiger partial charge < -0.3 is 25.0 Å². The number of nitrogens with one attached hydrogen (secondary N) is 2. The monoisotopic (exact) mass is 445 g/mol. The number of likely N-dealkylation sites (N-methyl/N-ethyl adjacent to an activating group) is 1. The molecule has 2 N–H and O–H groups in total. The maximum atomic E-state index is 12.1. The maximum Gasteiger partial charge on any atom is 0.243 e. The lowest BCUT2D eigenvalue weighted by atomic mass is 10.1. The lowest BCUT2D eigenvalue weighted by molar-refractivity contribution is -0.127. The smallest absolute Gasteiger partial charge is 0.243 e. The molecule has 0 aliphatic carbocycles. The lowest BCUT2D eigenvalue weighted by Gasteiger charge is -2.29. The van der Waals surface area contributed by atoms with Crippen LogP contribution in [0.2, 0.25) is 0 Å². The van der Waals surface area contributed by atoms with E-state index >= 15 is 0 Å². The molecule has 8 heteroatoms. The summed E-state index contributed by atoms with van der Waals surface area (Å²) in [6.07, 6.45) is 6.02. The Kier molecular flexibility index (Phi) is 9.62. The van der Waals surface area contributed by atoms with Crippen molar-refractivity contribution in [1.82, 2.24) is 20.4 Å². The molecule has 178 valence electrons. The van der Waals surface area contributed by atoms with Crippen molar-refractivity contribution in [3.63, 3.8) is 0 Å². The summed E-state index contributed by atoms with van der Waals surface area (Å²) >= 11 is 0. The normalized spacial score (nSPS) is 20.6. The number of aliphatic imine (C=N–C) groups is 1. The largest absolute Gasteiger partial charge is 0.497 e. The van der Waals surface area contributed by atoms with Gasteiger partial charge in [-0.1, -0.05) is 12.1 Å². The van der Waals surface area contributed by atoms with Gasteiger partial charge in [-0.15, -0.1) is 0 Å². The number of likely N-dealkylation sites (tertiary alicyclic amines) is 1. The number of guanidine groups is 1. The van der Waals surface area contributed by atoms with Crippen molar-refractivity contribution >= 4 is 11.9 Å². The molecule has 2 aliphatic heterocycles. The Morgan fingerprint density at radius 3 is 2.56 bits per heavy atom.